The maximum atomic E-state index is 13.3. The number of nitrogens with zero attached hydrogens (tertiary/aromatic N) is 5. The van der Waals surface area contributed by atoms with Gasteiger partial charge in [0.15, 0.2) is 5.16 Å². The van der Waals surface area contributed by atoms with Crippen molar-refractivity contribution < 1.29 is 4.52 Å². The zero-order valence-corrected chi connectivity index (χ0v) is 18.2. The van der Waals surface area contributed by atoms with Crippen molar-refractivity contribution in [3.05, 3.63) is 87.5 Å². The van der Waals surface area contributed by atoms with Gasteiger partial charge in [-0.1, -0.05) is 59.4 Å². The molecule has 7 nitrogen and oxygen atoms in total. The van der Waals surface area contributed by atoms with Crippen molar-refractivity contribution in [2.24, 2.45) is 0 Å². The van der Waals surface area contributed by atoms with E-state index in [1.165, 1.54) is 12.0 Å². The fraction of sp³-hybridized carbons (Fsp3) is 0.250. The van der Waals surface area contributed by atoms with Gasteiger partial charge in [-0.2, -0.15) is 0 Å². The smallest absolute Gasteiger partial charge is 0.263 e. The molecule has 160 valence electrons. The predicted octanol–water partition coefficient (Wildman–Crippen LogP) is 4.25. The number of benzene rings is 2. The molecule has 1 aliphatic carbocycles. The Morgan fingerprint density at radius 3 is 2.69 bits per heavy atom. The van der Waals surface area contributed by atoms with Crippen LogP contribution in [-0.4, -0.2) is 24.3 Å². The SMILES string of the molecule is O=c1c2ccccc2n2c(SCc3noc4c3CCCC4)nnc2n1Cc1ccccc1. The Balaban J connectivity index is 1.44. The summed E-state index contributed by atoms with van der Waals surface area (Å²) >= 11 is 1.57. The van der Waals surface area contributed by atoms with Gasteiger partial charge in [0.25, 0.3) is 5.56 Å². The van der Waals surface area contributed by atoms with Crippen LogP contribution in [0.25, 0.3) is 16.7 Å². The maximum Gasteiger partial charge on any atom is 0.263 e. The summed E-state index contributed by atoms with van der Waals surface area (Å²) in [5.74, 6) is 2.23. The van der Waals surface area contributed by atoms with E-state index in [0.717, 1.165) is 47.0 Å². The second-order valence-corrected chi connectivity index (χ2v) is 8.98. The number of aromatic nitrogens is 5. The Kier molecular flexibility index (Phi) is 4.79. The minimum atomic E-state index is -0.0635. The fourth-order valence-corrected chi connectivity index (χ4v) is 5.33. The number of hydrogen-bond donors (Lipinski definition) is 0. The van der Waals surface area contributed by atoms with Gasteiger partial charge >= 0.3 is 0 Å². The molecule has 0 radical (unpaired) electrons. The van der Waals surface area contributed by atoms with Gasteiger partial charge in [0, 0.05) is 17.7 Å². The van der Waals surface area contributed by atoms with Gasteiger partial charge in [0.2, 0.25) is 5.78 Å². The van der Waals surface area contributed by atoms with Crippen molar-refractivity contribution in [1.82, 2.24) is 24.3 Å². The van der Waals surface area contributed by atoms with Crippen LogP contribution >= 0.6 is 11.8 Å². The minimum Gasteiger partial charge on any atom is -0.361 e. The molecule has 0 fully saturated rings. The molecule has 6 rings (SSSR count). The van der Waals surface area contributed by atoms with E-state index in [4.69, 9.17) is 4.52 Å². The van der Waals surface area contributed by atoms with Crippen LogP contribution in [0.2, 0.25) is 0 Å². The molecule has 0 amide bonds. The molecule has 0 atom stereocenters. The molecule has 0 spiro atoms. The summed E-state index contributed by atoms with van der Waals surface area (Å²) in [6, 6.07) is 17.6. The average Bonchev–Trinajstić information content (AvgIpc) is 3.45. The fourth-order valence-electron chi connectivity index (χ4n) is 4.43. The van der Waals surface area contributed by atoms with Gasteiger partial charge in [-0.05, 0) is 37.0 Å². The molecule has 0 bridgehead atoms. The van der Waals surface area contributed by atoms with E-state index in [1.807, 2.05) is 59.0 Å². The van der Waals surface area contributed by atoms with Crippen LogP contribution in [-0.2, 0) is 25.1 Å². The molecule has 0 saturated heterocycles. The van der Waals surface area contributed by atoms with E-state index in [9.17, 15) is 4.79 Å². The summed E-state index contributed by atoms with van der Waals surface area (Å²) in [4.78, 5) is 13.3. The summed E-state index contributed by atoms with van der Waals surface area (Å²) in [5, 5.41) is 14.6. The summed E-state index contributed by atoms with van der Waals surface area (Å²) in [7, 11) is 0. The van der Waals surface area contributed by atoms with Crippen molar-refractivity contribution in [3.63, 3.8) is 0 Å². The summed E-state index contributed by atoms with van der Waals surface area (Å²) in [5.41, 5.74) is 4.03. The number of fused-ring (bicyclic) bond motifs is 4. The number of aryl methyl sites for hydroxylation is 1. The van der Waals surface area contributed by atoms with Gasteiger partial charge in [0.05, 0.1) is 23.1 Å². The van der Waals surface area contributed by atoms with Crippen LogP contribution in [0.5, 0.6) is 0 Å². The second-order valence-electron chi connectivity index (χ2n) is 8.04. The van der Waals surface area contributed by atoms with Crippen molar-refractivity contribution in [1.29, 1.82) is 0 Å². The molecular formula is C24H21N5O2S. The van der Waals surface area contributed by atoms with Gasteiger partial charge in [-0.3, -0.25) is 13.8 Å². The first kappa shape index (κ1) is 19.3. The Morgan fingerprint density at radius 2 is 1.78 bits per heavy atom. The van der Waals surface area contributed by atoms with Crippen molar-refractivity contribution in [2.75, 3.05) is 0 Å². The van der Waals surface area contributed by atoms with E-state index in [1.54, 1.807) is 16.3 Å². The highest BCUT2D eigenvalue weighted by Gasteiger charge is 2.21. The molecule has 1 aliphatic rings. The lowest BCUT2D eigenvalue weighted by Gasteiger charge is -2.11. The Labute approximate surface area is 188 Å². The quantitative estimate of drug-likeness (QED) is 0.378. The average molecular weight is 444 g/mol. The first-order valence-electron chi connectivity index (χ1n) is 10.8. The lowest BCUT2D eigenvalue weighted by molar-refractivity contribution is 0.369. The molecule has 0 aliphatic heterocycles. The number of hydrogen-bond acceptors (Lipinski definition) is 6. The second kappa shape index (κ2) is 7.94. The monoisotopic (exact) mass is 443 g/mol. The van der Waals surface area contributed by atoms with Gasteiger partial charge in [-0.15, -0.1) is 10.2 Å². The summed E-state index contributed by atoms with van der Waals surface area (Å²) < 4.78 is 9.25. The first-order chi connectivity index (χ1) is 15.8. The topological polar surface area (TPSA) is 78.2 Å². The van der Waals surface area contributed by atoms with Crippen LogP contribution in [0.15, 0.2) is 69.1 Å². The minimum absolute atomic E-state index is 0.0635. The number of rotatable bonds is 5. The zero-order valence-electron chi connectivity index (χ0n) is 17.4. The molecule has 3 heterocycles. The molecule has 3 aromatic heterocycles. The Hall–Kier alpha value is -3.39. The van der Waals surface area contributed by atoms with Crippen molar-refractivity contribution >= 4 is 28.4 Å². The molecule has 0 N–H and O–H groups in total. The molecule has 2 aromatic carbocycles. The van der Waals surface area contributed by atoms with E-state index < -0.39 is 0 Å². The molecule has 8 heteroatoms. The van der Waals surface area contributed by atoms with Crippen LogP contribution < -0.4 is 5.56 Å². The molecule has 0 saturated carbocycles. The number of para-hydroxylation sites is 1. The lowest BCUT2D eigenvalue weighted by Crippen LogP contribution is -2.24. The predicted molar refractivity (Wildman–Crippen MR) is 123 cm³/mol. The third-order valence-corrected chi connectivity index (χ3v) is 6.97. The van der Waals surface area contributed by atoms with E-state index in [2.05, 4.69) is 15.4 Å². The standard InChI is InChI=1S/C24H21N5O2S/c30-22-18-11-4-6-12-20(18)29-23(28(22)14-16-8-2-1-3-9-16)25-26-24(29)32-15-19-17-10-5-7-13-21(17)31-27-19/h1-4,6,8-9,11-12H,5,7,10,13-15H2. The lowest BCUT2D eigenvalue weighted by atomic mass is 9.97. The van der Waals surface area contributed by atoms with Crippen LogP contribution in [0.4, 0.5) is 0 Å². The Bertz CT molecular complexity index is 1490. The zero-order chi connectivity index (χ0) is 21.5. The Morgan fingerprint density at radius 1 is 0.969 bits per heavy atom. The van der Waals surface area contributed by atoms with Gasteiger partial charge in [-0.25, -0.2) is 0 Å². The highest BCUT2D eigenvalue weighted by Crippen LogP contribution is 2.30. The van der Waals surface area contributed by atoms with Crippen LogP contribution in [0, 0.1) is 0 Å². The van der Waals surface area contributed by atoms with Crippen LogP contribution in [0.3, 0.4) is 0 Å². The van der Waals surface area contributed by atoms with E-state index in [-0.39, 0.29) is 5.56 Å². The van der Waals surface area contributed by atoms with Gasteiger partial charge in [0.1, 0.15) is 5.76 Å². The highest BCUT2D eigenvalue weighted by molar-refractivity contribution is 7.98. The van der Waals surface area contributed by atoms with Gasteiger partial charge < -0.3 is 4.52 Å². The van der Waals surface area contributed by atoms with Crippen LogP contribution in [0.1, 0.15) is 35.4 Å². The molecule has 5 aromatic rings. The molecule has 32 heavy (non-hydrogen) atoms. The molecular weight excluding hydrogens is 422 g/mol. The van der Waals surface area contributed by atoms with E-state index in [0.29, 0.717) is 23.5 Å². The third kappa shape index (κ3) is 3.22. The number of thioether (sulfide) groups is 1. The molecule has 0 unspecified atom stereocenters. The normalized spacial score (nSPS) is 13.6. The highest BCUT2D eigenvalue weighted by atomic mass is 32.2. The summed E-state index contributed by atoms with van der Waals surface area (Å²) in [6.07, 6.45) is 4.33. The third-order valence-electron chi connectivity index (χ3n) is 6.03. The largest absolute Gasteiger partial charge is 0.361 e. The van der Waals surface area contributed by atoms with E-state index >= 15 is 0 Å². The van der Waals surface area contributed by atoms with Crippen molar-refractivity contribution in [2.45, 2.75) is 43.1 Å². The maximum absolute atomic E-state index is 13.3. The first-order valence-corrected chi connectivity index (χ1v) is 11.8. The van der Waals surface area contributed by atoms with Crippen molar-refractivity contribution in [3.8, 4) is 0 Å². The summed E-state index contributed by atoms with van der Waals surface area (Å²) in [6.45, 7) is 0.438.